The quantitative estimate of drug-likeness (QED) is 0.144. The van der Waals surface area contributed by atoms with Gasteiger partial charge in [-0.3, -0.25) is 4.90 Å². The number of hydrogen-bond donors (Lipinski definition) is 1. The van der Waals surface area contributed by atoms with Crippen molar-refractivity contribution in [3.63, 3.8) is 0 Å². The third kappa shape index (κ3) is 8.46. The Hall–Kier alpha value is -5.24. The zero-order valence-corrected chi connectivity index (χ0v) is 34.6. The van der Waals surface area contributed by atoms with E-state index in [-0.39, 0.29) is 81.1 Å². The molecule has 3 atom stereocenters. The van der Waals surface area contributed by atoms with Crippen LogP contribution in [0.25, 0.3) is 0 Å². The van der Waals surface area contributed by atoms with Crippen LogP contribution in [0, 0.1) is 17.1 Å². The van der Waals surface area contributed by atoms with E-state index in [4.69, 9.17) is 19.1 Å². The van der Waals surface area contributed by atoms with E-state index in [0.717, 1.165) is 6.07 Å². The Kier molecular flexibility index (Phi) is 11.9. The molecule has 4 heterocycles. The molecule has 1 aromatic heterocycles. The van der Waals surface area contributed by atoms with E-state index in [1.54, 1.807) is 0 Å². The molecule has 0 unspecified atom stereocenters. The molecule has 3 aliphatic rings. The predicted molar refractivity (Wildman–Crippen MR) is 218 cm³/mol. The third-order valence-corrected chi connectivity index (χ3v) is 16.9. The van der Waals surface area contributed by atoms with E-state index in [9.17, 15) is 32.7 Å². The number of benzene rings is 3. The van der Waals surface area contributed by atoms with Crippen LogP contribution < -0.4 is 24.9 Å². The maximum absolute atomic E-state index is 14.7. The normalized spacial score (nSPS) is 20.3. The second-order valence-corrected chi connectivity index (χ2v) is 20.8. The number of nitrogens with zero attached hydrogens (tertiary/aromatic N) is 7. The van der Waals surface area contributed by atoms with Crippen molar-refractivity contribution in [3.8, 4) is 12.1 Å². The van der Waals surface area contributed by atoms with Crippen molar-refractivity contribution in [3.05, 3.63) is 102 Å². The van der Waals surface area contributed by atoms with Crippen LogP contribution in [-0.2, 0) is 23.6 Å². The highest BCUT2D eigenvalue weighted by Crippen LogP contribution is 2.42. The van der Waals surface area contributed by atoms with Crippen LogP contribution in [0.15, 0.2) is 78.9 Å². The molecule has 0 radical (unpaired) electrons. The average Bonchev–Trinajstić information content (AvgIpc) is 3.56. The maximum atomic E-state index is 14.7. The monoisotopic (exact) mass is 831 g/mol. The standard InChI is InChI=1S/C43H49F4N7O4Si/c1-42(2,3)59(32-12-7-5-8-13-32,33-14-9-6-10-15-33)58-31-24-30(51(4)26-31)28-57-40-49-36-27-52(37-17-11-16-35(44)38(37)43(45,46)47)21-19-34(36)39(50-40)53-22-23-54(41(55)56)29(25-53)18-20-48/h5-17,29-31H,18-19,21-28H2,1-4H3,(H,55,56)/t29-,30-,31+/m0/s1. The molecular formula is C43H49F4N7O4Si. The van der Waals surface area contributed by atoms with Gasteiger partial charge in [-0.1, -0.05) is 87.5 Å². The summed E-state index contributed by atoms with van der Waals surface area (Å²) in [5, 5.41) is 21.5. The van der Waals surface area contributed by atoms with Gasteiger partial charge in [0.25, 0.3) is 8.32 Å². The molecule has 4 aromatic rings. The van der Waals surface area contributed by atoms with E-state index >= 15 is 0 Å². The van der Waals surface area contributed by atoms with Crippen molar-refractivity contribution in [1.82, 2.24) is 19.8 Å². The Morgan fingerprint density at radius 3 is 2.20 bits per heavy atom. The van der Waals surface area contributed by atoms with Crippen LogP contribution >= 0.6 is 0 Å². The fourth-order valence-electron chi connectivity index (χ4n) is 8.98. The first kappa shape index (κ1) is 41.9. The number of likely N-dealkylation sites (N-methyl/N-ethyl adjacent to an activating group) is 1. The first-order valence-electron chi connectivity index (χ1n) is 19.8. The van der Waals surface area contributed by atoms with Gasteiger partial charge in [0.2, 0.25) is 0 Å². The number of hydrogen-bond acceptors (Lipinski definition) is 9. The van der Waals surface area contributed by atoms with E-state index in [1.165, 1.54) is 32.3 Å². The molecule has 0 saturated carbocycles. The van der Waals surface area contributed by atoms with Gasteiger partial charge >= 0.3 is 18.3 Å². The number of alkyl halides is 3. The smallest absolute Gasteiger partial charge is 0.421 e. The lowest BCUT2D eigenvalue weighted by Gasteiger charge is -2.44. The molecule has 0 aliphatic carbocycles. The van der Waals surface area contributed by atoms with Crippen molar-refractivity contribution in [2.45, 2.75) is 76.0 Å². The van der Waals surface area contributed by atoms with Gasteiger partial charge in [-0.25, -0.2) is 9.18 Å². The van der Waals surface area contributed by atoms with Crippen LogP contribution in [0.5, 0.6) is 6.01 Å². The SMILES string of the molecule is CN1C[C@H](O[Si](c2ccccc2)(c2ccccc2)C(C)(C)C)C[C@H]1COc1nc2c(c(N3CCN(C(=O)O)[C@@H](CC#N)C3)n1)CCN(c1cccc(F)c1C(F)(F)F)C2. The molecule has 3 aromatic carbocycles. The minimum Gasteiger partial charge on any atom is -0.465 e. The van der Waals surface area contributed by atoms with Crippen LogP contribution in [0.3, 0.4) is 0 Å². The molecule has 312 valence electrons. The average molecular weight is 832 g/mol. The first-order valence-corrected chi connectivity index (χ1v) is 21.7. The fourth-order valence-corrected chi connectivity index (χ4v) is 13.7. The van der Waals surface area contributed by atoms with Crippen molar-refractivity contribution in [1.29, 1.82) is 5.26 Å². The van der Waals surface area contributed by atoms with Gasteiger partial charge in [-0.2, -0.15) is 28.4 Å². The fraction of sp³-hybridized carbons (Fsp3) is 0.442. The molecule has 11 nitrogen and oxygen atoms in total. The molecule has 59 heavy (non-hydrogen) atoms. The number of ether oxygens (including phenoxy) is 1. The van der Waals surface area contributed by atoms with Gasteiger partial charge in [0.15, 0.2) is 0 Å². The van der Waals surface area contributed by atoms with E-state index in [1.807, 2.05) is 24.1 Å². The summed E-state index contributed by atoms with van der Waals surface area (Å²) in [6.07, 6.45) is -5.28. The number of aromatic nitrogens is 2. The summed E-state index contributed by atoms with van der Waals surface area (Å²) >= 11 is 0. The Morgan fingerprint density at radius 2 is 1.59 bits per heavy atom. The number of fused-ring (bicyclic) bond motifs is 1. The van der Waals surface area contributed by atoms with Gasteiger partial charge in [0.05, 0.1) is 42.6 Å². The number of piperazine rings is 1. The van der Waals surface area contributed by atoms with Crippen molar-refractivity contribution in [2.24, 2.45) is 0 Å². The molecule has 16 heteroatoms. The van der Waals surface area contributed by atoms with Crippen LogP contribution in [0.4, 0.5) is 33.9 Å². The highest BCUT2D eigenvalue weighted by molar-refractivity contribution is 6.99. The van der Waals surface area contributed by atoms with Crippen LogP contribution in [-0.4, -0.2) is 104 Å². The van der Waals surface area contributed by atoms with Crippen molar-refractivity contribution < 1.29 is 36.6 Å². The Labute approximate surface area is 342 Å². The van der Waals surface area contributed by atoms with Gasteiger partial charge in [0, 0.05) is 44.3 Å². The van der Waals surface area contributed by atoms with Gasteiger partial charge in [0.1, 0.15) is 23.8 Å². The van der Waals surface area contributed by atoms with Crippen molar-refractivity contribution in [2.75, 3.05) is 56.2 Å². The molecule has 2 fully saturated rings. The number of nitriles is 1. The number of rotatable bonds is 10. The van der Waals surface area contributed by atoms with Gasteiger partial charge in [-0.05, 0) is 47.4 Å². The van der Waals surface area contributed by atoms with E-state index < -0.39 is 38.0 Å². The molecule has 2 saturated heterocycles. The lowest BCUT2D eigenvalue weighted by Crippen LogP contribution is -2.67. The Bertz CT molecular complexity index is 2130. The summed E-state index contributed by atoms with van der Waals surface area (Å²) in [5.74, 6) is -0.869. The summed E-state index contributed by atoms with van der Waals surface area (Å²) in [5.41, 5.74) is -0.500. The minimum absolute atomic E-state index is 0.0261. The Balaban J connectivity index is 1.17. The maximum Gasteiger partial charge on any atom is 0.421 e. The van der Waals surface area contributed by atoms with Gasteiger partial charge < -0.3 is 29.0 Å². The molecule has 1 amide bonds. The zero-order chi connectivity index (χ0) is 42.1. The van der Waals surface area contributed by atoms with Crippen molar-refractivity contribution >= 4 is 36.3 Å². The summed E-state index contributed by atoms with van der Waals surface area (Å²) in [6, 6.07) is 25.6. The van der Waals surface area contributed by atoms with Crippen LogP contribution in [0.2, 0.25) is 5.04 Å². The lowest BCUT2D eigenvalue weighted by molar-refractivity contribution is -0.139. The van der Waals surface area contributed by atoms with Gasteiger partial charge in [-0.15, -0.1) is 0 Å². The molecule has 7 rings (SSSR count). The Morgan fingerprint density at radius 1 is 0.915 bits per heavy atom. The second kappa shape index (κ2) is 16.8. The number of carboxylic acid groups (broad SMARTS) is 1. The minimum atomic E-state index is -4.92. The predicted octanol–water partition coefficient (Wildman–Crippen LogP) is 6.31. The highest BCUT2D eigenvalue weighted by Gasteiger charge is 2.52. The number of halogens is 4. The largest absolute Gasteiger partial charge is 0.465 e. The molecule has 0 bridgehead atoms. The highest BCUT2D eigenvalue weighted by atomic mass is 28.4. The van der Waals surface area contributed by atoms with E-state index in [0.29, 0.717) is 30.0 Å². The number of carbonyl (C=O) groups is 1. The zero-order valence-electron chi connectivity index (χ0n) is 33.6. The number of amides is 1. The van der Waals surface area contributed by atoms with E-state index in [2.05, 4.69) is 80.3 Å². The summed E-state index contributed by atoms with van der Waals surface area (Å²) in [4.78, 5) is 28.5. The molecule has 3 aliphatic heterocycles. The molecule has 1 N–H and O–H groups in total. The summed E-state index contributed by atoms with van der Waals surface area (Å²) in [7, 11) is -0.816. The number of anilines is 2. The summed E-state index contributed by atoms with van der Waals surface area (Å²) in [6.45, 7) is 8.23. The number of likely N-dealkylation sites (tertiary alicyclic amines) is 1. The molecular weight excluding hydrogens is 783 g/mol. The third-order valence-electron chi connectivity index (χ3n) is 11.8. The molecule has 0 spiro atoms. The topological polar surface area (TPSA) is 118 Å². The summed E-state index contributed by atoms with van der Waals surface area (Å²) < 4.78 is 71.0. The second-order valence-electron chi connectivity index (χ2n) is 16.5. The first-order chi connectivity index (χ1) is 28.1. The lowest BCUT2D eigenvalue weighted by atomic mass is 10.0. The van der Waals surface area contributed by atoms with Crippen LogP contribution in [0.1, 0.15) is 50.4 Å².